The summed E-state index contributed by atoms with van der Waals surface area (Å²) in [5, 5.41) is 24.4. The van der Waals surface area contributed by atoms with Crippen LogP contribution in [0.1, 0.15) is 209 Å². The van der Waals surface area contributed by atoms with Crippen LogP contribution in [0.4, 0.5) is 17.6 Å². The summed E-state index contributed by atoms with van der Waals surface area (Å²) in [4.78, 5) is 32.1. The Morgan fingerprint density at radius 3 is 2.22 bits per heavy atom. The quantitative estimate of drug-likeness (QED) is 0.112. The molecule has 4 heterocycles. The maximum absolute atomic E-state index is 15.0. The molecule has 7 aliphatic rings. The van der Waals surface area contributed by atoms with E-state index in [9.17, 15) is 22.4 Å². The number of hydrogen-bond acceptors (Lipinski definition) is 13. The second kappa shape index (κ2) is 35.7. The molecule has 92 heavy (non-hydrogen) atoms. The number of aliphatic imine (C=N–C) groups is 1. The van der Waals surface area contributed by atoms with Crippen LogP contribution < -0.4 is 36.6 Å². The van der Waals surface area contributed by atoms with Crippen LogP contribution >= 0.6 is 0 Å². The van der Waals surface area contributed by atoms with Gasteiger partial charge in [0.25, 0.3) is 0 Å². The van der Waals surface area contributed by atoms with Crippen molar-refractivity contribution in [3.05, 3.63) is 78.0 Å². The van der Waals surface area contributed by atoms with Crippen LogP contribution in [-0.4, -0.2) is 169 Å². The zero-order valence-electron chi connectivity index (χ0n) is 58.7. The molecule has 1 aromatic carbocycles. The number of rotatable bonds is 12. The Labute approximate surface area is 553 Å². The highest BCUT2D eigenvalue weighted by molar-refractivity contribution is 5.95. The average molecular weight is 1290 g/mol. The fourth-order valence-corrected chi connectivity index (χ4v) is 16.9. The Morgan fingerprint density at radius 1 is 0.804 bits per heavy atom. The van der Waals surface area contributed by atoms with E-state index in [1.807, 2.05) is 24.7 Å². The van der Waals surface area contributed by atoms with Crippen molar-refractivity contribution in [3.63, 3.8) is 0 Å². The van der Waals surface area contributed by atoms with Crippen LogP contribution in [0.5, 0.6) is 5.75 Å². The summed E-state index contributed by atoms with van der Waals surface area (Å²) in [6, 6.07) is 5.69. The third kappa shape index (κ3) is 21.1. The van der Waals surface area contributed by atoms with Gasteiger partial charge in [0.15, 0.2) is 11.6 Å². The van der Waals surface area contributed by atoms with E-state index in [0.717, 1.165) is 121 Å². The fourth-order valence-electron chi connectivity index (χ4n) is 16.9. The number of ether oxygens (including phenoxy) is 1. The van der Waals surface area contributed by atoms with Crippen molar-refractivity contribution in [3.8, 4) is 5.75 Å². The number of amides is 1. The summed E-state index contributed by atoms with van der Waals surface area (Å²) in [5.41, 5.74) is 3.87. The summed E-state index contributed by atoms with van der Waals surface area (Å²) < 4.78 is 58.0. The molecule has 1 aromatic rings. The third-order valence-electron chi connectivity index (χ3n) is 22.5. The van der Waals surface area contributed by atoms with Crippen molar-refractivity contribution in [2.45, 2.75) is 276 Å². The molecule has 14 nitrogen and oxygen atoms in total. The van der Waals surface area contributed by atoms with Gasteiger partial charge in [-0.15, -0.1) is 13.2 Å². The molecule has 3 saturated heterocycles. The van der Waals surface area contributed by atoms with Gasteiger partial charge in [0, 0.05) is 168 Å². The molecule has 3 aliphatic carbocycles. The number of likely N-dealkylation sites (tertiary alicyclic amines) is 1. The van der Waals surface area contributed by atoms with Crippen LogP contribution in [0.15, 0.2) is 71.7 Å². The molecule has 1 spiro atoms. The Balaban J connectivity index is 1.09. The normalized spacial score (nSPS) is 30.5. The molecule has 8 rings (SSSR count). The van der Waals surface area contributed by atoms with Crippen molar-refractivity contribution in [2.24, 2.45) is 34.6 Å². The predicted octanol–water partition coefficient (Wildman–Crippen LogP) is 13.2. The minimum Gasteiger partial charge on any atom is -0.403 e. The molecule has 5 unspecified atom stereocenters. The first-order valence-corrected chi connectivity index (χ1v) is 36.7. The number of aryl methyl sites for hydroxylation is 1. The van der Waals surface area contributed by atoms with Gasteiger partial charge >= 0.3 is 6.36 Å². The fraction of sp³-hybridized carbons (Fsp3) is 0.784. The molecular formula is C74H124F4N12O2. The molecular weight excluding hydrogens is 1160 g/mol. The molecule has 0 bridgehead atoms. The minimum absolute atomic E-state index is 0.0395. The van der Waals surface area contributed by atoms with Crippen LogP contribution in [0.3, 0.4) is 0 Å². The summed E-state index contributed by atoms with van der Waals surface area (Å²) in [6.45, 7) is 28.2. The lowest BCUT2D eigenvalue weighted by atomic mass is 9.74. The van der Waals surface area contributed by atoms with Gasteiger partial charge < -0.3 is 56.2 Å². The highest BCUT2D eigenvalue weighted by Gasteiger charge is 2.56. The number of fused-ring (bicyclic) bond motifs is 2. The van der Waals surface area contributed by atoms with Crippen LogP contribution in [0, 0.1) is 35.4 Å². The third-order valence-corrected chi connectivity index (χ3v) is 22.5. The van der Waals surface area contributed by atoms with Gasteiger partial charge in [0.05, 0.1) is 5.92 Å². The van der Waals surface area contributed by atoms with E-state index >= 15 is 0 Å². The Hall–Kier alpha value is -4.20. The first kappa shape index (κ1) is 73.6. The monoisotopic (exact) mass is 1290 g/mol. The highest BCUT2D eigenvalue weighted by atomic mass is 19.4. The standard InChI is InChI=1S/C74H124F4N12O2/c1-12-53(4)67-47-83-66(44-52(2)3)55(6)82-48-68-70(72(91)88-40-21-14-22-41-88)58(9)90(68)71(61-26-17-18-27-61)56(7)85-73(34-19-20-35-73)51-80-38-37-79-36-33-62(31-29-60-30-32-69(65(75)46-60)92-74(76,77)78)81-39-43-86(10)49-64(45-59-24-15-13-16-25-59)87(11)50-63-28-23-42-89(63)57(8)54(5)84-67/h30,32-33,36,39,43,46,49-50,52-59,61,66-68,70-71,79-80,82-85H,12-29,31,34-35,37-38,40-42,44-45,47-48,51H2,1-11H3/t53-,54?,55?,56?,57-,58?,66-,67+,68?,70-,71+/m0/s1. The predicted molar refractivity (Wildman–Crippen MR) is 369 cm³/mol. The van der Waals surface area contributed by atoms with Gasteiger partial charge in [-0.25, -0.2) is 4.39 Å². The molecule has 11 atom stereocenters. The number of halogens is 4. The zero-order chi connectivity index (χ0) is 66.0. The Bertz CT molecular complexity index is 2550. The van der Waals surface area contributed by atoms with E-state index in [4.69, 9.17) is 4.99 Å². The smallest absolute Gasteiger partial charge is 0.403 e. The van der Waals surface area contributed by atoms with Crippen LogP contribution in [0.25, 0.3) is 0 Å². The molecule has 3 saturated carbocycles. The van der Waals surface area contributed by atoms with E-state index in [2.05, 4.69) is 150 Å². The van der Waals surface area contributed by atoms with Crippen molar-refractivity contribution in [2.75, 3.05) is 66.5 Å². The molecule has 0 aromatic heterocycles. The van der Waals surface area contributed by atoms with Crippen LogP contribution in [0.2, 0.25) is 0 Å². The van der Waals surface area contributed by atoms with Crippen molar-refractivity contribution >= 4 is 11.6 Å². The minimum atomic E-state index is -4.99. The summed E-state index contributed by atoms with van der Waals surface area (Å²) in [7, 11) is 4.27. The molecule has 520 valence electrons. The second-order valence-electron chi connectivity index (χ2n) is 29.9. The molecule has 6 N–H and O–H groups in total. The number of nitrogens with one attached hydrogen (secondary N) is 6. The van der Waals surface area contributed by atoms with Gasteiger partial charge in [-0.2, -0.15) is 0 Å². The number of carbonyl (C=O) groups is 1. The van der Waals surface area contributed by atoms with E-state index in [1.54, 1.807) is 0 Å². The number of hydrogen-bond donors (Lipinski definition) is 6. The van der Waals surface area contributed by atoms with Crippen molar-refractivity contribution < 1.29 is 27.1 Å². The van der Waals surface area contributed by atoms with Gasteiger partial charge in [0.2, 0.25) is 5.91 Å². The summed E-state index contributed by atoms with van der Waals surface area (Å²) in [5.74, 6) is 0.601. The van der Waals surface area contributed by atoms with E-state index in [-0.39, 0.29) is 59.8 Å². The highest BCUT2D eigenvalue weighted by Crippen LogP contribution is 2.44. The van der Waals surface area contributed by atoms with E-state index in [1.165, 1.54) is 94.5 Å². The lowest BCUT2D eigenvalue weighted by Gasteiger charge is -2.60. The average Bonchev–Trinajstić information content (AvgIpc) is 0.868. The molecule has 0 radical (unpaired) electrons. The molecule has 6 fully saturated rings. The van der Waals surface area contributed by atoms with Gasteiger partial charge in [-0.1, -0.05) is 98.0 Å². The maximum Gasteiger partial charge on any atom is 0.573 e. The Kier molecular flexibility index (Phi) is 28.6. The molecule has 18 heteroatoms. The first-order chi connectivity index (χ1) is 44.1. The second-order valence-corrected chi connectivity index (χ2v) is 29.9. The van der Waals surface area contributed by atoms with E-state index < -0.39 is 17.9 Å². The zero-order valence-corrected chi connectivity index (χ0v) is 58.7. The number of nitrogens with zero attached hydrogens (tertiary/aromatic N) is 6. The number of benzene rings is 1. The maximum atomic E-state index is 15.0. The van der Waals surface area contributed by atoms with Gasteiger partial charge in [-0.3, -0.25) is 14.7 Å². The molecule has 1 amide bonds. The van der Waals surface area contributed by atoms with Crippen LogP contribution in [-0.2, 0) is 11.2 Å². The number of carbonyl (C=O) groups excluding carboxylic acids is 1. The largest absolute Gasteiger partial charge is 0.573 e. The topological polar surface area (TPSA) is 127 Å². The number of piperidine rings is 1. The van der Waals surface area contributed by atoms with E-state index in [0.29, 0.717) is 60.6 Å². The Morgan fingerprint density at radius 2 is 1.52 bits per heavy atom. The number of allylic oxidation sites excluding steroid dienone is 3. The molecule has 4 aliphatic heterocycles. The lowest BCUT2D eigenvalue weighted by molar-refractivity contribution is -0.275. The van der Waals surface area contributed by atoms with Crippen molar-refractivity contribution in [1.82, 2.24) is 56.4 Å². The number of alkyl halides is 3. The summed E-state index contributed by atoms with van der Waals surface area (Å²) in [6.07, 6.45) is 32.7. The van der Waals surface area contributed by atoms with Gasteiger partial charge in [-0.05, 0) is 172 Å². The van der Waals surface area contributed by atoms with Crippen molar-refractivity contribution in [1.29, 1.82) is 0 Å². The first-order valence-electron chi connectivity index (χ1n) is 36.7. The SMILES string of the molecule is CC[C@H](C)[C@H]1CN[C@@H](CC(C)C)C(C)NCC2[C@@H](C(=O)N3CCCCC3)C(C)N2[C@@H](C2CCCC2)C(C)NC2(CCCC2)CNCCNC=CC(CCc2ccc(OC(F)(F)F)c(F)c2)=NC=CN(C)C=C(CC2CCCCC2)N(C)C=C2CCCN2[C@@H](C)C(C)N1. The van der Waals surface area contributed by atoms with Gasteiger partial charge in [0.1, 0.15) is 0 Å². The lowest BCUT2D eigenvalue weighted by Crippen LogP contribution is -2.76. The summed E-state index contributed by atoms with van der Waals surface area (Å²) >= 11 is 0.